The number of fused-ring (bicyclic) bond motifs is 3. The summed E-state index contributed by atoms with van der Waals surface area (Å²) in [5.41, 5.74) is 2.72. The maximum atomic E-state index is 12.9. The van der Waals surface area contributed by atoms with Crippen molar-refractivity contribution in [3.8, 4) is 5.75 Å². The van der Waals surface area contributed by atoms with E-state index in [4.69, 9.17) is 16.3 Å². The number of nitrogens with zero attached hydrogens (tertiary/aromatic N) is 2. The SMILES string of the molecule is O=C1CCC(N2Cc3cc(OCCN4CCC5(CC4)C(=O)Nc4ccc(Cl)cc45)ccc3C2=O)C(=O)N1. The molecule has 0 radical (unpaired) electrons. The number of imide groups is 1. The highest BCUT2D eigenvalue weighted by Gasteiger charge is 2.48. The second-order valence-electron chi connectivity index (χ2n) is 10.1. The number of nitrogens with one attached hydrogen (secondary N) is 2. The molecule has 0 saturated carbocycles. The quantitative estimate of drug-likeness (QED) is 0.584. The third kappa shape index (κ3) is 4.16. The number of halogens is 1. The van der Waals surface area contributed by atoms with Crippen LogP contribution in [0.3, 0.4) is 0 Å². The van der Waals surface area contributed by atoms with Gasteiger partial charge in [-0.25, -0.2) is 0 Å². The summed E-state index contributed by atoms with van der Waals surface area (Å²) in [6.45, 7) is 3.08. The molecule has 2 fully saturated rings. The third-order valence-corrected chi connectivity index (χ3v) is 8.30. The van der Waals surface area contributed by atoms with Crippen molar-refractivity contribution in [3.63, 3.8) is 0 Å². The van der Waals surface area contributed by atoms with E-state index in [1.165, 1.54) is 4.90 Å². The van der Waals surface area contributed by atoms with Gasteiger partial charge >= 0.3 is 0 Å². The summed E-state index contributed by atoms with van der Waals surface area (Å²) in [4.78, 5) is 53.2. The summed E-state index contributed by atoms with van der Waals surface area (Å²) in [5.74, 6) is -0.190. The Hall–Kier alpha value is -3.43. The number of rotatable bonds is 5. The fraction of sp³-hybridized carbons (Fsp3) is 0.407. The molecule has 1 spiro atoms. The van der Waals surface area contributed by atoms with Crippen LogP contribution in [-0.2, 0) is 26.3 Å². The Balaban J connectivity index is 1.04. The average molecular weight is 523 g/mol. The highest BCUT2D eigenvalue weighted by atomic mass is 35.5. The summed E-state index contributed by atoms with van der Waals surface area (Å²) in [7, 11) is 0. The number of hydrogen-bond acceptors (Lipinski definition) is 6. The van der Waals surface area contributed by atoms with E-state index in [1.54, 1.807) is 18.2 Å². The molecule has 10 heteroatoms. The van der Waals surface area contributed by atoms with Crippen molar-refractivity contribution in [2.24, 2.45) is 0 Å². The van der Waals surface area contributed by atoms with Crippen LogP contribution in [0.5, 0.6) is 5.75 Å². The minimum absolute atomic E-state index is 0.0553. The van der Waals surface area contributed by atoms with Crippen LogP contribution in [0.4, 0.5) is 5.69 Å². The number of anilines is 1. The number of benzene rings is 2. The molecular formula is C27H27ClN4O5. The zero-order chi connectivity index (χ0) is 25.7. The van der Waals surface area contributed by atoms with E-state index in [9.17, 15) is 19.2 Å². The molecule has 1 atom stereocenters. The van der Waals surface area contributed by atoms with Gasteiger partial charge in [-0.3, -0.25) is 29.4 Å². The first-order valence-corrected chi connectivity index (χ1v) is 13.0. The predicted octanol–water partition coefficient (Wildman–Crippen LogP) is 2.47. The fourth-order valence-electron chi connectivity index (χ4n) is 5.97. The van der Waals surface area contributed by atoms with Gasteiger partial charge in [0.1, 0.15) is 18.4 Å². The Morgan fingerprint density at radius 3 is 2.62 bits per heavy atom. The molecule has 2 N–H and O–H groups in total. The van der Waals surface area contributed by atoms with Crippen molar-refractivity contribution >= 4 is 40.9 Å². The Morgan fingerprint density at radius 1 is 1.03 bits per heavy atom. The van der Waals surface area contributed by atoms with Crippen LogP contribution in [0.2, 0.25) is 5.02 Å². The van der Waals surface area contributed by atoms with Crippen LogP contribution in [0.15, 0.2) is 36.4 Å². The zero-order valence-electron chi connectivity index (χ0n) is 20.2. The number of piperidine rings is 2. The molecule has 4 aliphatic rings. The maximum absolute atomic E-state index is 12.9. The van der Waals surface area contributed by atoms with Gasteiger partial charge in [-0.1, -0.05) is 11.6 Å². The van der Waals surface area contributed by atoms with E-state index in [2.05, 4.69) is 15.5 Å². The highest BCUT2D eigenvalue weighted by Crippen LogP contribution is 2.45. The van der Waals surface area contributed by atoms with Gasteiger partial charge in [0.15, 0.2) is 0 Å². The molecule has 1 unspecified atom stereocenters. The van der Waals surface area contributed by atoms with Gasteiger partial charge in [0.05, 0.1) is 5.41 Å². The number of likely N-dealkylation sites (tertiary alicyclic amines) is 1. The maximum Gasteiger partial charge on any atom is 0.255 e. The number of ether oxygens (including phenoxy) is 1. The van der Waals surface area contributed by atoms with Crippen molar-refractivity contribution in [2.45, 2.75) is 43.7 Å². The molecule has 0 bridgehead atoms. The molecule has 6 rings (SSSR count). The van der Waals surface area contributed by atoms with Gasteiger partial charge < -0.3 is 15.0 Å². The third-order valence-electron chi connectivity index (χ3n) is 8.06. The van der Waals surface area contributed by atoms with E-state index in [-0.39, 0.29) is 24.1 Å². The topological polar surface area (TPSA) is 108 Å². The van der Waals surface area contributed by atoms with Gasteiger partial charge in [-0.2, -0.15) is 0 Å². The Morgan fingerprint density at radius 2 is 1.84 bits per heavy atom. The smallest absolute Gasteiger partial charge is 0.255 e. The fourth-order valence-corrected chi connectivity index (χ4v) is 6.15. The van der Waals surface area contributed by atoms with E-state index in [0.29, 0.717) is 35.9 Å². The summed E-state index contributed by atoms with van der Waals surface area (Å²) in [5, 5.41) is 5.97. The lowest BCUT2D eigenvalue weighted by atomic mass is 9.73. The molecule has 2 saturated heterocycles. The minimum Gasteiger partial charge on any atom is -0.492 e. The first-order chi connectivity index (χ1) is 17.8. The van der Waals surface area contributed by atoms with Crippen molar-refractivity contribution in [1.82, 2.24) is 15.1 Å². The molecule has 2 aromatic carbocycles. The zero-order valence-corrected chi connectivity index (χ0v) is 21.0. The van der Waals surface area contributed by atoms with Crippen molar-refractivity contribution in [2.75, 3.05) is 31.6 Å². The van der Waals surface area contributed by atoms with Gasteiger partial charge in [0, 0.05) is 35.8 Å². The molecule has 0 aliphatic carbocycles. The molecule has 37 heavy (non-hydrogen) atoms. The van der Waals surface area contributed by atoms with Crippen LogP contribution in [-0.4, -0.2) is 65.7 Å². The Bertz CT molecular complexity index is 1320. The summed E-state index contributed by atoms with van der Waals surface area (Å²) in [6, 6.07) is 10.3. The standard InChI is InChI=1S/C27H27ClN4O5/c28-17-1-4-21-20(14-17)27(26(36)29-21)7-9-31(10-8-27)11-12-37-18-2-3-19-16(13-18)15-32(25(19)35)22-5-6-23(33)30-24(22)34/h1-4,13-14,22H,5-12,15H2,(H,29,36)(H,30,33,34). The van der Waals surface area contributed by atoms with Crippen LogP contribution in [0.25, 0.3) is 0 Å². The van der Waals surface area contributed by atoms with E-state index in [0.717, 1.165) is 49.3 Å². The molecule has 4 heterocycles. The van der Waals surface area contributed by atoms with E-state index < -0.39 is 17.4 Å². The number of hydrogen-bond donors (Lipinski definition) is 2. The van der Waals surface area contributed by atoms with Crippen LogP contribution < -0.4 is 15.4 Å². The van der Waals surface area contributed by atoms with Crippen LogP contribution >= 0.6 is 11.6 Å². The first-order valence-electron chi connectivity index (χ1n) is 12.6. The van der Waals surface area contributed by atoms with Crippen molar-refractivity contribution < 1.29 is 23.9 Å². The molecule has 4 aliphatic heterocycles. The van der Waals surface area contributed by atoms with Gasteiger partial charge in [0.2, 0.25) is 17.7 Å². The number of carbonyl (C=O) groups excluding carboxylic acids is 4. The molecule has 192 valence electrons. The largest absolute Gasteiger partial charge is 0.492 e. The Labute approximate surface area is 219 Å². The molecular weight excluding hydrogens is 496 g/mol. The second kappa shape index (κ2) is 9.15. The second-order valence-corrected chi connectivity index (χ2v) is 10.6. The summed E-state index contributed by atoms with van der Waals surface area (Å²) in [6.07, 6.45) is 2.02. The van der Waals surface area contributed by atoms with Gasteiger partial charge in [-0.05, 0) is 79.9 Å². The highest BCUT2D eigenvalue weighted by molar-refractivity contribution is 6.31. The predicted molar refractivity (Wildman–Crippen MR) is 135 cm³/mol. The number of carbonyl (C=O) groups is 4. The average Bonchev–Trinajstić information content (AvgIpc) is 3.34. The molecule has 9 nitrogen and oxygen atoms in total. The van der Waals surface area contributed by atoms with E-state index >= 15 is 0 Å². The normalized spacial score (nSPS) is 22.6. The monoisotopic (exact) mass is 522 g/mol. The number of amides is 4. The minimum atomic E-state index is -0.630. The summed E-state index contributed by atoms with van der Waals surface area (Å²) >= 11 is 6.21. The lowest BCUT2D eigenvalue weighted by molar-refractivity contribution is -0.137. The van der Waals surface area contributed by atoms with Gasteiger partial charge in [-0.15, -0.1) is 0 Å². The van der Waals surface area contributed by atoms with Crippen LogP contribution in [0.1, 0.15) is 47.2 Å². The summed E-state index contributed by atoms with van der Waals surface area (Å²) < 4.78 is 6.00. The van der Waals surface area contributed by atoms with E-state index in [1.807, 2.05) is 18.2 Å². The van der Waals surface area contributed by atoms with Crippen molar-refractivity contribution in [3.05, 3.63) is 58.1 Å². The molecule has 4 amide bonds. The lowest BCUT2D eigenvalue weighted by Crippen LogP contribution is -2.52. The van der Waals surface area contributed by atoms with Crippen LogP contribution in [0, 0.1) is 0 Å². The lowest BCUT2D eigenvalue weighted by Gasteiger charge is -2.38. The molecule has 2 aromatic rings. The van der Waals surface area contributed by atoms with Gasteiger partial charge in [0.25, 0.3) is 5.91 Å². The first kappa shape index (κ1) is 23.9. The Kier molecular flexibility index (Phi) is 5.92. The van der Waals surface area contributed by atoms with Crippen molar-refractivity contribution in [1.29, 1.82) is 0 Å². The molecule has 0 aromatic heterocycles.